The Hall–Kier alpha value is -1.19. The molecule has 0 radical (unpaired) electrons. The third-order valence-corrected chi connectivity index (χ3v) is 7.34. The molecule has 2 fully saturated rings. The van der Waals surface area contributed by atoms with E-state index in [9.17, 15) is 18.5 Å². The average molecular weight is 345 g/mol. The van der Waals surface area contributed by atoms with Crippen molar-refractivity contribution in [2.45, 2.75) is 29.5 Å². The van der Waals surface area contributed by atoms with Gasteiger partial charge in [-0.15, -0.1) is 0 Å². The lowest BCUT2D eigenvalue weighted by Crippen LogP contribution is -2.54. The van der Waals surface area contributed by atoms with Crippen molar-refractivity contribution >= 4 is 31.9 Å². The maximum atomic E-state index is 11.7. The van der Waals surface area contributed by atoms with E-state index >= 15 is 0 Å². The zero-order valence-electron chi connectivity index (χ0n) is 12.4. The summed E-state index contributed by atoms with van der Waals surface area (Å²) < 4.78 is 23.5. The third kappa shape index (κ3) is 2.97. The molecule has 122 valence electrons. The number of anilines is 1. The quantitative estimate of drug-likeness (QED) is 0.613. The van der Waals surface area contributed by atoms with Crippen molar-refractivity contribution in [1.29, 1.82) is 0 Å². The molecule has 0 saturated carbocycles. The van der Waals surface area contributed by atoms with Gasteiger partial charge in [0.1, 0.15) is 4.21 Å². The normalized spacial score (nSPS) is 23.3. The van der Waals surface area contributed by atoms with Gasteiger partial charge in [-0.25, -0.2) is 8.42 Å². The topological polar surface area (TPSA) is 83.8 Å². The summed E-state index contributed by atoms with van der Waals surface area (Å²) in [5.41, 5.74) is -0.0883. The second kappa shape index (κ2) is 5.78. The molecule has 0 aliphatic carbocycles. The van der Waals surface area contributed by atoms with Crippen LogP contribution in [0.15, 0.2) is 10.3 Å². The summed E-state index contributed by atoms with van der Waals surface area (Å²) >= 11 is 1.02. The van der Waals surface area contributed by atoms with E-state index in [1.54, 1.807) is 0 Å². The molecule has 1 aromatic rings. The Morgan fingerprint density at radius 2 is 2.09 bits per heavy atom. The summed E-state index contributed by atoms with van der Waals surface area (Å²) in [6.07, 6.45) is 4.60. The highest BCUT2D eigenvalue weighted by atomic mass is 32.2. The fourth-order valence-electron chi connectivity index (χ4n) is 3.23. The highest BCUT2D eigenvalue weighted by Crippen LogP contribution is 2.41. The number of rotatable bonds is 3. The van der Waals surface area contributed by atoms with Crippen molar-refractivity contribution in [3.8, 4) is 0 Å². The van der Waals surface area contributed by atoms with Crippen molar-refractivity contribution in [3.05, 3.63) is 16.2 Å². The van der Waals surface area contributed by atoms with Gasteiger partial charge < -0.3 is 4.90 Å². The van der Waals surface area contributed by atoms with Gasteiger partial charge in [-0.2, -0.15) is 0 Å². The van der Waals surface area contributed by atoms with Gasteiger partial charge >= 0.3 is 5.69 Å². The Morgan fingerprint density at radius 3 is 2.77 bits per heavy atom. The first-order valence-electron chi connectivity index (χ1n) is 7.33. The maximum absolute atomic E-state index is 11.7. The van der Waals surface area contributed by atoms with Crippen molar-refractivity contribution in [1.82, 2.24) is 4.90 Å². The van der Waals surface area contributed by atoms with E-state index in [1.165, 1.54) is 18.9 Å². The summed E-state index contributed by atoms with van der Waals surface area (Å²) in [4.78, 5) is 15.2. The lowest BCUT2D eigenvalue weighted by atomic mass is 10.00. The molecule has 0 amide bonds. The molecular formula is C13H19N3O4S2. The van der Waals surface area contributed by atoms with Crippen LogP contribution in [0.4, 0.5) is 10.7 Å². The van der Waals surface area contributed by atoms with Gasteiger partial charge in [0.15, 0.2) is 14.8 Å². The molecular weight excluding hydrogens is 326 g/mol. The van der Waals surface area contributed by atoms with Crippen LogP contribution in [0.1, 0.15) is 19.3 Å². The molecule has 22 heavy (non-hydrogen) atoms. The lowest BCUT2D eigenvalue weighted by molar-refractivity contribution is -0.383. The van der Waals surface area contributed by atoms with Gasteiger partial charge in [0.05, 0.1) is 4.92 Å². The Balaban J connectivity index is 1.90. The minimum Gasteiger partial charge on any atom is -0.355 e. The molecule has 2 aliphatic rings. The molecule has 3 heterocycles. The molecule has 2 saturated heterocycles. The number of nitro groups is 1. The first kappa shape index (κ1) is 15.7. The van der Waals surface area contributed by atoms with E-state index in [1.807, 2.05) is 4.90 Å². The van der Waals surface area contributed by atoms with Crippen LogP contribution < -0.4 is 4.90 Å². The van der Waals surface area contributed by atoms with Crippen LogP contribution in [0.25, 0.3) is 0 Å². The number of hydrogen-bond acceptors (Lipinski definition) is 7. The van der Waals surface area contributed by atoms with E-state index in [0.29, 0.717) is 17.6 Å². The largest absolute Gasteiger partial charge is 0.355 e. The molecule has 2 aliphatic heterocycles. The van der Waals surface area contributed by atoms with E-state index in [0.717, 1.165) is 43.6 Å². The molecule has 1 aromatic heterocycles. The van der Waals surface area contributed by atoms with E-state index in [4.69, 9.17) is 0 Å². The van der Waals surface area contributed by atoms with Gasteiger partial charge in [-0.3, -0.25) is 15.0 Å². The highest BCUT2D eigenvalue weighted by molar-refractivity contribution is 7.92. The smallest absolute Gasteiger partial charge is 0.305 e. The molecule has 0 spiro atoms. The standard InChI is InChI=1S/C13H19N3O4S2/c1-22(19,20)12-8-11(16(17)18)13(21-12)15-7-6-14-5-3-2-4-10(14)9-15/h8,10H,2-7,9H2,1H3. The third-order valence-electron chi connectivity index (χ3n) is 4.36. The summed E-state index contributed by atoms with van der Waals surface area (Å²) in [6, 6.07) is 1.62. The lowest BCUT2D eigenvalue weighted by Gasteiger charge is -2.44. The average Bonchev–Trinajstić information content (AvgIpc) is 2.92. The Labute approximate surface area is 133 Å². The van der Waals surface area contributed by atoms with Crippen molar-refractivity contribution in [3.63, 3.8) is 0 Å². The van der Waals surface area contributed by atoms with Crippen molar-refractivity contribution < 1.29 is 13.3 Å². The van der Waals surface area contributed by atoms with Crippen LogP contribution >= 0.6 is 11.3 Å². The first-order valence-corrected chi connectivity index (χ1v) is 10.0. The van der Waals surface area contributed by atoms with Gasteiger partial charge in [0, 0.05) is 38.0 Å². The van der Waals surface area contributed by atoms with E-state index in [-0.39, 0.29) is 9.90 Å². The van der Waals surface area contributed by atoms with E-state index in [2.05, 4.69) is 4.90 Å². The van der Waals surface area contributed by atoms with Crippen LogP contribution in [-0.4, -0.2) is 56.7 Å². The number of sulfone groups is 1. The van der Waals surface area contributed by atoms with Gasteiger partial charge in [0.2, 0.25) is 0 Å². The second-order valence-corrected chi connectivity index (χ2v) is 9.19. The number of fused-ring (bicyclic) bond motifs is 1. The molecule has 1 unspecified atom stereocenters. The molecule has 7 nitrogen and oxygen atoms in total. The predicted octanol–water partition coefficient (Wildman–Crippen LogP) is 1.73. The zero-order valence-corrected chi connectivity index (χ0v) is 14.0. The SMILES string of the molecule is CS(=O)(=O)c1cc([N+](=O)[O-])c(N2CCN3CCCCC3C2)s1. The summed E-state index contributed by atoms with van der Waals surface area (Å²) in [6.45, 7) is 3.43. The molecule has 0 aromatic carbocycles. The summed E-state index contributed by atoms with van der Waals surface area (Å²) in [5, 5.41) is 11.7. The fourth-order valence-corrected chi connectivity index (χ4v) is 5.29. The molecule has 0 bridgehead atoms. The maximum Gasteiger partial charge on any atom is 0.305 e. The number of piperidine rings is 1. The van der Waals surface area contributed by atoms with Gasteiger partial charge in [-0.1, -0.05) is 17.8 Å². The van der Waals surface area contributed by atoms with Gasteiger partial charge in [0.25, 0.3) is 0 Å². The fraction of sp³-hybridized carbons (Fsp3) is 0.692. The van der Waals surface area contributed by atoms with Crippen molar-refractivity contribution in [2.75, 3.05) is 37.3 Å². The van der Waals surface area contributed by atoms with Crippen LogP contribution in [-0.2, 0) is 9.84 Å². The number of hydrogen-bond donors (Lipinski definition) is 0. The molecule has 1 atom stereocenters. The van der Waals surface area contributed by atoms with Gasteiger partial charge in [-0.05, 0) is 19.4 Å². The number of piperazine rings is 1. The van der Waals surface area contributed by atoms with Crippen molar-refractivity contribution in [2.24, 2.45) is 0 Å². The molecule has 9 heteroatoms. The van der Waals surface area contributed by atoms with Crippen LogP contribution in [0, 0.1) is 10.1 Å². The van der Waals surface area contributed by atoms with Crippen LogP contribution in [0.2, 0.25) is 0 Å². The Kier molecular flexibility index (Phi) is 4.13. The summed E-state index contributed by atoms with van der Waals surface area (Å²) in [7, 11) is -3.42. The Bertz CT molecular complexity index is 685. The second-order valence-electron chi connectivity index (χ2n) is 5.92. The van der Waals surface area contributed by atoms with Crippen LogP contribution in [0.3, 0.4) is 0 Å². The highest BCUT2D eigenvalue weighted by Gasteiger charge is 2.34. The first-order chi connectivity index (χ1) is 10.4. The monoisotopic (exact) mass is 345 g/mol. The van der Waals surface area contributed by atoms with Crippen LogP contribution in [0.5, 0.6) is 0 Å². The number of nitrogens with zero attached hydrogens (tertiary/aromatic N) is 3. The zero-order chi connectivity index (χ0) is 15.9. The number of thiophene rings is 1. The van der Waals surface area contributed by atoms with E-state index < -0.39 is 14.8 Å². The predicted molar refractivity (Wildman–Crippen MR) is 85.5 cm³/mol. The minimum absolute atomic E-state index is 0.0697. The summed E-state index contributed by atoms with van der Waals surface area (Å²) in [5.74, 6) is 0. The Morgan fingerprint density at radius 1 is 1.32 bits per heavy atom. The molecule has 3 rings (SSSR count). The minimum atomic E-state index is -3.42. The molecule has 0 N–H and O–H groups in total.